The standard InChI is InChI=1S/C66H92Cl4N10O20/c67-49-37-47(38-50(68)41-49)53(43-61(83)84)79-63(87)55(77-59(81)13-3-7-17-73-57-11-1-5-15-71-57)45-97-31-29-93-23-21-91-25-27-95-33-35-99-65(89)75-19-9-10-20-76-66(90)100-36-34-96-28-26-92-22-24-94-30-32-98-46-56(78-60(82)14-4-8-18-74-58-12-2-6-16-72-58)64(88)80-54(44-62(85)86)48-39-51(69)42-52(70)40-48/h1-2,5-6,11-12,15-16,37-42,53-56H,3-4,7-10,13-14,17-36,43-46H2,(H,71,73)(H,72,74)(H,75,89)(H,76,90)(H,77,81)(H,78,82)(H,79,87)(H,80,88)(H,83,84)(H,85,86)/t53?,54?,55-,56-/m0/s1. The summed E-state index contributed by atoms with van der Waals surface area (Å²) >= 11 is 24.7. The zero-order chi connectivity index (χ0) is 72.2. The molecule has 0 bridgehead atoms. The van der Waals surface area contributed by atoms with Gasteiger partial charge in [-0.05, 0) is 110 Å². The molecule has 4 atom stereocenters. The summed E-state index contributed by atoms with van der Waals surface area (Å²) in [6.07, 6.45) is 4.91. The van der Waals surface area contributed by atoms with Crippen LogP contribution in [0.15, 0.2) is 85.2 Å². The van der Waals surface area contributed by atoms with Crippen LogP contribution in [0.5, 0.6) is 0 Å². The van der Waals surface area contributed by atoms with Crippen molar-refractivity contribution in [3.8, 4) is 0 Å². The molecule has 0 fully saturated rings. The number of rotatable bonds is 57. The molecule has 10 N–H and O–H groups in total. The Kier molecular flexibility index (Phi) is 45.4. The lowest BCUT2D eigenvalue weighted by Gasteiger charge is -2.23. The van der Waals surface area contributed by atoms with E-state index in [1.807, 2.05) is 36.4 Å². The summed E-state index contributed by atoms with van der Waals surface area (Å²) in [6, 6.07) is 15.6. The summed E-state index contributed by atoms with van der Waals surface area (Å²) in [5, 5.41) is 42.6. The number of carboxylic acid groups (broad SMARTS) is 2. The molecule has 100 heavy (non-hydrogen) atoms. The second-order valence-electron chi connectivity index (χ2n) is 21.8. The molecule has 0 saturated heterocycles. The summed E-state index contributed by atoms with van der Waals surface area (Å²) in [6.45, 7) is 4.04. The second kappa shape index (κ2) is 53.4. The predicted octanol–water partition coefficient (Wildman–Crippen LogP) is 6.95. The Morgan fingerprint density at radius 1 is 0.390 bits per heavy atom. The van der Waals surface area contributed by atoms with Crippen molar-refractivity contribution in [2.45, 2.75) is 88.4 Å². The van der Waals surface area contributed by atoms with Gasteiger partial charge in [0.15, 0.2) is 0 Å². The van der Waals surface area contributed by atoms with E-state index in [4.69, 9.17) is 93.8 Å². The van der Waals surface area contributed by atoms with Crippen LogP contribution in [0.2, 0.25) is 20.1 Å². The molecule has 34 heteroatoms. The van der Waals surface area contributed by atoms with E-state index in [1.165, 1.54) is 36.4 Å². The number of carbonyl (C=O) groups excluding carboxylic acids is 6. The molecule has 0 aliphatic rings. The highest BCUT2D eigenvalue weighted by Crippen LogP contribution is 2.27. The quantitative estimate of drug-likeness (QED) is 0.0200. The molecule has 30 nitrogen and oxygen atoms in total. The number of carboxylic acids is 2. The first-order chi connectivity index (χ1) is 48.4. The third-order valence-electron chi connectivity index (χ3n) is 13.7. The van der Waals surface area contributed by atoms with Gasteiger partial charge in [0, 0.05) is 71.5 Å². The van der Waals surface area contributed by atoms with E-state index in [-0.39, 0.29) is 152 Å². The van der Waals surface area contributed by atoms with Crippen LogP contribution in [0.3, 0.4) is 0 Å². The van der Waals surface area contributed by atoms with Crippen molar-refractivity contribution >= 4 is 106 Å². The molecule has 0 aliphatic carbocycles. The number of pyridine rings is 2. The van der Waals surface area contributed by atoms with Gasteiger partial charge in [-0.1, -0.05) is 58.5 Å². The molecular formula is C66H92Cl4N10O20. The number of aromatic nitrogens is 2. The molecule has 0 saturated carbocycles. The van der Waals surface area contributed by atoms with Crippen LogP contribution in [0, 0.1) is 0 Å². The number of unbranched alkanes of at least 4 members (excludes halogenated alkanes) is 3. The van der Waals surface area contributed by atoms with Crippen LogP contribution in [-0.4, -0.2) is 225 Å². The van der Waals surface area contributed by atoms with E-state index in [9.17, 15) is 48.6 Å². The lowest BCUT2D eigenvalue weighted by molar-refractivity contribution is -0.139. The number of amides is 6. The lowest BCUT2D eigenvalue weighted by atomic mass is 10.0. The Bertz CT molecular complexity index is 2780. The van der Waals surface area contributed by atoms with Crippen LogP contribution in [-0.2, 0) is 76.1 Å². The minimum atomic E-state index is -1.18. The molecule has 0 spiro atoms. The molecular weight excluding hydrogens is 1390 g/mol. The van der Waals surface area contributed by atoms with Crippen molar-refractivity contribution in [3.63, 3.8) is 0 Å². The van der Waals surface area contributed by atoms with Crippen LogP contribution >= 0.6 is 46.4 Å². The second-order valence-corrected chi connectivity index (χ2v) is 23.6. The molecule has 2 aromatic carbocycles. The number of benzene rings is 2. The van der Waals surface area contributed by atoms with Crippen LogP contribution in [0.4, 0.5) is 21.2 Å². The number of carbonyl (C=O) groups is 8. The van der Waals surface area contributed by atoms with Crippen molar-refractivity contribution in [1.29, 1.82) is 0 Å². The Labute approximate surface area is 601 Å². The molecule has 2 aromatic heterocycles. The van der Waals surface area contributed by atoms with Gasteiger partial charge in [0.2, 0.25) is 23.6 Å². The van der Waals surface area contributed by atoms with Gasteiger partial charge >= 0.3 is 24.1 Å². The van der Waals surface area contributed by atoms with Crippen LogP contribution in [0.25, 0.3) is 0 Å². The van der Waals surface area contributed by atoms with Gasteiger partial charge in [-0.2, -0.15) is 0 Å². The number of nitrogens with one attached hydrogen (secondary N) is 8. The molecule has 2 heterocycles. The van der Waals surface area contributed by atoms with Crippen molar-refractivity contribution in [3.05, 3.63) is 116 Å². The van der Waals surface area contributed by atoms with Gasteiger partial charge in [-0.15, -0.1) is 0 Å². The Morgan fingerprint density at radius 2 is 0.710 bits per heavy atom. The molecule has 0 radical (unpaired) electrons. The number of nitrogens with zero attached hydrogens (tertiary/aromatic N) is 2. The van der Waals surface area contributed by atoms with Gasteiger partial charge in [-0.3, -0.25) is 28.8 Å². The van der Waals surface area contributed by atoms with Crippen LogP contribution < -0.4 is 42.5 Å². The molecule has 554 valence electrons. The van der Waals surface area contributed by atoms with Crippen molar-refractivity contribution in [2.24, 2.45) is 0 Å². The number of halogens is 4. The SMILES string of the molecule is O=C(O)CC(NC(=O)[C@H](COCCOCCOCCOCCOC(=O)NCCCCNC(=O)OCCOCCOCCOCCOC[C@H](NC(=O)CCCCNc1ccccn1)C(=O)NC(CC(=O)O)c1cc(Cl)cc(Cl)c1)NC(=O)CCCCNc1ccccn1)c1cc(Cl)cc(Cl)c1. The van der Waals surface area contributed by atoms with Crippen molar-refractivity contribution in [2.75, 3.05) is 156 Å². The fourth-order valence-corrected chi connectivity index (χ4v) is 9.97. The maximum atomic E-state index is 13.6. The molecule has 4 aromatic rings. The van der Waals surface area contributed by atoms with E-state index in [0.29, 0.717) is 87.5 Å². The zero-order valence-electron chi connectivity index (χ0n) is 55.7. The Morgan fingerprint density at radius 3 is 1.03 bits per heavy atom. The minimum Gasteiger partial charge on any atom is -0.481 e. The topological polar surface area (TPSA) is 391 Å². The Hall–Kier alpha value is -7.46. The fraction of sp³-hybridized carbons (Fsp3) is 0.545. The molecule has 0 aliphatic heterocycles. The first-order valence-corrected chi connectivity index (χ1v) is 34.2. The number of ether oxygens (including phenoxy) is 10. The normalized spacial score (nSPS) is 12.2. The average Bonchev–Trinajstić information content (AvgIpc) is 0.862. The molecule has 6 amide bonds. The van der Waals surface area contributed by atoms with E-state index in [0.717, 1.165) is 0 Å². The fourth-order valence-electron chi connectivity index (χ4n) is 8.88. The highest BCUT2D eigenvalue weighted by Gasteiger charge is 2.28. The monoisotopic (exact) mass is 1480 g/mol. The van der Waals surface area contributed by atoms with Gasteiger partial charge in [0.25, 0.3) is 0 Å². The number of aliphatic carboxylic acids is 2. The minimum absolute atomic E-state index is 0.0174. The third kappa shape index (κ3) is 42.0. The largest absolute Gasteiger partial charge is 0.481 e. The van der Waals surface area contributed by atoms with Crippen molar-refractivity contribution in [1.82, 2.24) is 41.9 Å². The average molecular weight is 1490 g/mol. The number of hydrogen-bond donors (Lipinski definition) is 10. The van der Waals surface area contributed by atoms with Gasteiger partial charge < -0.3 is 100 Å². The third-order valence-corrected chi connectivity index (χ3v) is 14.6. The van der Waals surface area contributed by atoms with Gasteiger partial charge in [0.05, 0.1) is 131 Å². The van der Waals surface area contributed by atoms with Gasteiger partial charge in [0.1, 0.15) is 36.9 Å². The maximum absolute atomic E-state index is 13.6. The first kappa shape index (κ1) is 85.0. The number of hydrogen-bond acceptors (Lipinski definition) is 22. The van der Waals surface area contributed by atoms with E-state index >= 15 is 0 Å². The summed E-state index contributed by atoms with van der Waals surface area (Å²) in [5.74, 6) is -3.04. The zero-order valence-corrected chi connectivity index (χ0v) is 58.7. The summed E-state index contributed by atoms with van der Waals surface area (Å²) in [5.41, 5.74) is 0.746. The number of alkyl carbamates (subject to hydrolysis) is 2. The van der Waals surface area contributed by atoms with E-state index < -0.39 is 84.8 Å². The lowest BCUT2D eigenvalue weighted by Crippen LogP contribution is -2.50. The van der Waals surface area contributed by atoms with E-state index in [1.54, 1.807) is 12.4 Å². The van der Waals surface area contributed by atoms with Gasteiger partial charge in [-0.25, -0.2) is 19.6 Å². The highest BCUT2D eigenvalue weighted by molar-refractivity contribution is 6.35. The smallest absolute Gasteiger partial charge is 0.407 e. The summed E-state index contributed by atoms with van der Waals surface area (Å²) < 4.78 is 54.7. The first-order valence-electron chi connectivity index (χ1n) is 32.7. The summed E-state index contributed by atoms with van der Waals surface area (Å²) in [7, 11) is 0. The van der Waals surface area contributed by atoms with Crippen LogP contribution in [0.1, 0.15) is 87.4 Å². The molecule has 4 rings (SSSR count). The van der Waals surface area contributed by atoms with E-state index in [2.05, 4.69) is 52.5 Å². The Balaban J connectivity index is 0.942. The summed E-state index contributed by atoms with van der Waals surface area (Å²) in [4.78, 5) is 109. The predicted molar refractivity (Wildman–Crippen MR) is 371 cm³/mol. The molecule has 2 unspecified atom stereocenters. The maximum Gasteiger partial charge on any atom is 0.407 e. The number of anilines is 2. The van der Waals surface area contributed by atoms with Crippen molar-refractivity contribution < 1.29 is 95.9 Å². The highest BCUT2D eigenvalue weighted by atomic mass is 35.5.